The van der Waals surface area contributed by atoms with Crippen LogP contribution in [-0.4, -0.2) is 47.7 Å². The van der Waals surface area contributed by atoms with Crippen LogP contribution in [0.25, 0.3) is 0 Å². The SMILES string of the molecule is CC(=O)NC(C)C(=O)N1CC(=O)NC(=O)C1. The number of hydrogen-bond donors (Lipinski definition) is 2. The molecule has 1 fully saturated rings. The molecule has 0 aliphatic carbocycles. The van der Waals surface area contributed by atoms with Crippen LogP contribution in [0.3, 0.4) is 0 Å². The Labute approximate surface area is 92.2 Å². The Morgan fingerprint density at radius 1 is 1.31 bits per heavy atom. The maximum atomic E-state index is 11.7. The normalized spacial score (nSPS) is 17.8. The molecule has 0 aromatic rings. The number of imide groups is 1. The molecule has 1 unspecified atom stereocenters. The van der Waals surface area contributed by atoms with Crippen LogP contribution in [0.5, 0.6) is 0 Å². The number of rotatable bonds is 2. The summed E-state index contributed by atoms with van der Waals surface area (Å²) in [6, 6.07) is -0.740. The molecule has 1 rings (SSSR count). The van der Waals surface area contributed by atoms with E-state index in [2.05, 4.69) is 10.6 Å². The smallest absolute Gasteiger partial charge is 0.246 e. The molecule has 7 nitrogen and oxygen atoms in total. The Hall–Kier alpha value is -1.92. The fraction of sp³-hybridized carbons (Fsp3) is 0.556. The fourth-order valence-corrected chi connectivity index (χ4v) is 1.43. The molecule has 88 valence electrons. The highest BCUT2D eigenvalue weighted by molar-refractivity contribution is 6.03. The molecule has 0 saturated carbocycles. The summed E-state index contributed by atoms with van der Waals surface area (Å²) in [5.41, 5.74) is 0. The van der Waals surface area contributed by atoms with E-state index in [0.29, 0.717) is 0 Å². The van der Waals surface area contributed by atoms with E-state index >= 15 is 0 Å². The van der Waals surface area contributed by atoms with Crippen LogP contribution in [0.1, 0.15) is 13.8 Å². The van der Waals surface area contributed by atoms with Crippen LogP contribution in [-0.2, 0) is 19.2 Å². The second-order valence-electron chi connectivity index (χ2n) is 3.59. The second-order valence-corrected chi connectivity index (χ2v) is 3.59. The molecule has 1 aliphatic rings. The zero-order valence-electron chi connectivity index (χ0n) is 9.07. The Morgan fingerprint density at radius 2 is 1.81 bits per heavy atom. The summed E-state index contributed by atoms with van der Waals surface area (Å²) in [7, 11) is 0. The molecule has 7 heteroatoms. The van der Waals surface area contributed by atoms with Crippen molar-refractivity contribution < 1.29 is 19.2 Å². The predicted molar refractivity (Wildman–Crippen MR) is 53.0 cm³/mol. The van der Waals surface area contributed by atoms with Crippen LogP contribution >= 0.6 is 0 Å². The number of amides is 4. The summed E-state index contributed by atoms with van der Waals surface area (Å²) in [4.78, 5) is 45.6. The Morgan fingerprint density at radius 3 is 2.25 bits per heavy atom. The van der Waals surface area contributed by atoms with Gasteiger partial charge in [-0.15, -0.1) is 0 Å². The number of carbonyl (C=O) groups excluding carboxylic acids is 4. The van der Waals surface area contributed by atoms with E-state index in [4.69, 9.17) is 0 Å². The summed E-state index contributed by atoms with van der Waals surface area (Å²) >= 11 is 0. The summed E-state index contributed by atoms with van der Waals surface area (Å²) in [5, 5.41) is 4.48. The van der Waals surface area contributed by atoms with E-state index in [0.717, 1.165) is 4.90 Å². The molecule has 1 saturated heterocycles. The highest BCUT2D eigenvalue weighted by atomic mass is 16.2. The molecular formula is C9H13N3O4. The minimum atomic E-state index is -0.740. The van der Waals surface area contributed by atoms with Crippen LogP contribution in [0.2, 0.25) is 0 Å². The maximum Gasteiger partial charge on any atom is 0.246 e. The van der Waals surface area contributed by atoms with Crippen molar-refractivity contribution >= 4 is 23.6 Å². The maximum absolute atomic E-state index is 11.7. The lowest BCUT2D eigenvalue weighted by molar-refractivity contribution is -0.146. The Kier molecular flexibility index (Phi) is 3.60. The molecule has 1 aliphatic heterocycles. The van der Waals surface area contributed by atoms with Gasteiger partial charge in [-0.3, -0.25) is 24.5 Å². The van der Waals surface area contributed by atoms with Crippen molar-refractivity contribution in [3.63, 3.8) is 0 Å². The lowest BCUT2D eigenvalue weighted by atomic mass is 10.2. The van der Waals surface area contributed by atoms with Crippen molar-refractivity contribution in [3.8, 4) is 0 Å². The summed E-state index contributed by atoms with van der Waals surface area (Å²) in [6.45, 7) is 2.47. The largest absolute Gasteiger partial charge is 0.345 e. The summed E-state index contributed by atoms with van der Waals surface area (Å²) in [5.74, 6) is -1.81. The predicted octanol–water partition coefficient (Wildman–Crippen LogP) is -2.00. The lowest BCUT2D eigenvalue weighted by Crippen LogP contribution is -2.57. The van der Waals surface area contributed by atoms with Crippen molar-refractivity contribution in [2.24, 2.45) is 0 Å². The fourth-order valence-electron chi connectivity index (χ4n) is 1.43. The van der Waals surface area contributed by atoms with E-state index < -0.39 is 23.8 Å². The third-order valence-electron chi connectivity index (χ3n) is 2.05. The van der Waals surface area contributed by atoms with Gasteiger partial charge in [-0.25, -0.2) is 0 Å². The number of piperazine rings is 1. The van der Waals surface area contributed by atoms with E-state index in [1.807, 2.05) is 0 Å². The molecule has 0 spiro atoms. The number of nitrogens with zero attached hydrogens (tertiary/aromatic N) is 1. The average Bonchev–Trinajstić information content (AvgIpc) is 2.13. The molecule has 0 aromatic heterocycles. The van der Waals surface area contributed by atoms with Crippen molar-refractivity contribution in [2.75, 3.05) is 13.1 Å². The van der Waals surface area contributed by atoms with Gasteiger partial charge in [0.15, 0.2) is 0 Å². The zero-order valence-corrected chi connectivity index (χ0v) is 9.07. The van der Waals surface area contributed by atoms with Gasteiger partial charge in [0.1, 0.15) is 19.1 Å². The van der Waals surface area contributed by atoms with Gasteiger partial charge in [-0.2, -0.15) is 0 Å². The molecule has 0 aromatic carbocycles. The molecule has 0 bridgehead atoms. The van der Waals surface area contributed by atoms with E-state index in [1.54, 1.807) is 0 Å². The third kappa shape index (κ3) is 3.04. The molecular weight excluding hydrogens is 214 g/mol. The van der Waals surface area contributed by atoms with Gasteiger partial charge in [0.25, 0.3) is 0 Å². The molecule has 2 N–H and O–H groups in total. The minimum absolute atomic E-state index is 0.158. The number of carbonyl (C=O) groups is 4. The first-order chi connectivity index (χ1) is 7.40. The van der Waals surface area contributed by atoms with Crippen LogP contribution < -0.4 is 10.6 Å². The monoisotopic (exact) mass is 227 g/mol. The zero-order chi connectivity index (χ0) is 12.3. The summed E-state index contributed by atoms with van der Waals surface area (Å²) in [6.07, 6.45) is 0. The van der Waals surface area contributed by atoms with Crippen molar-refractivity contribution in [1.29, 1.82) is 0 Å². The van der Waals surface area contributed by atoms with Crippen LogP contribution in [0.4, 0.5) is 0 Å². The molecule has 1 atom stereocenters. The molecule has 16 heavy (non-hydrogen) atoms. The quantitative estimate of drug-likeness (QED) is 0.533. The van der Waals surface area contributed by atoms with Gasteiger partial charge in [0, 0.05) is 6.92 Å². The Bertz CT molecular complexity index is 337. The first kappa shape index (κ1) is 12.2. The van der Waals surface area contributed by atoms with Gasteiger partial charge < -0.3 is 10.2 Å². The van der Waals surface area contributed by atoms with Crippen LogP contribution in [0.15, 0.2) is 0 Å². The van der Waals surface area contributed by atoms with Gasteiger partial charge >= 0.3 is 0 Å². The summed E-state index contributed by atoms with van der Waals surface area (Å²) < 4.78 is 0. The van der Waals surface area contributed by atoms with E-state index in [1.165, 1.54) is 13.8 Å². The highest BCUT2D eigenvalue weighted by Crippen LogP contribution is 1.99. The number of nitrogens with one attached hydrogen (secondary N) is 2. The topological polar surface area (TPSA) is 95.6 Å². The highest BCUT2D eigenvalue weighted by Gasteiger charge is 2.29. The minimum Gasteiger partial charge on any atom is -0.345 e. The second kappa shape index (κ2) is 4.73. The first-order valence-corrected chi connectivity index (χ1v) is 4.78. The third-order valence-corrected chi connectivity index (χ3v) is 2.05. The van der Waals surface area contributed by atoms with E-state index in [-0.39, 0.29) is 19.0 Å². The van der Waals surface area contributed by atoms with Crippen molar-refractivity contribution in [1.82, 2.24) is 15.5 Å². The average molecular weight is 227 g/mol. The van der Waals surface area contributed by atoms with Crippen molar-refractivity contribution in [2.45, 2.75) is 19.9 Å². The standard InChI is InChI=1S/C9H13N3O4/c1-5(10-6(2)13)9(16)12-3-7(14)11-8(15)4-12/h5H,3-4H2,1-2H3,(H,10,13)(H,11,14,15). The van der Waals surface area contributed by atoms with Gasteiger partial charge in [0.2, 0.25) is 23.6 Å². The molecule has 4 amide bonds. The lowest BCUT2D eigenvalue weighted by Gasteiger charge is -2.27. The van der Waals surface area contributed by atoms with E-state index in [9.17, 15) is 19.2 Å². The first-order valence-electron chi connectivity index (χ1n) is 4.78. The van der Waals surface area contributed by atoms with Gasteiger partial charge in [0.05, 0.1) is 0 Å². The number of hydrogen-bond acceptors (Lipinski definition) is 4. The molecule has 1 heterocycles. The Balaban J connectivity index is 2.62. The van der Waals surface area contributed by atoms with Gasteiger partial charge in [-0.1, -0.05) is 0 Å². The van der Waals surface area contributed by atoms with Crippen molar-refractivity contribution in [3.05, 3.63) is 0 Å². The van der Waals surface area contributed by atoms with Crippen LogP contribution in [0, 0.1) is 0 Å². The molecule has 0 radical (unpaired) electrons. The van der Waals surface area contributed by atoms with Gasteiger partial charge in [-0.05, 0) is 6.92 Å².